The Kier molecular flexibility index (Phi) is 5.66. The highest BCUT2D eigenvalue weighted by atomic mass is 16.2. The first-order valence-corrected chi connectivity index (χ1v) is 9.81. The van der Waals surface area contributed by atoms with Crippen molar-refractivity contribution in [1.29, 1.82) is 0 Å². The molecule has 4 rings (SSSR count). The summed E-state index contributed by atoms with van der Waals surface area (Å²) in [4.78, 5) is 18.9. The van der Waals surface area contributed by atoms with E-state index in [-0.39, 0.29) is 6.03 Å². The van der Waals surface area contributed by atoms with Crippen LogP contribution in [0.4, 0.5) is 4.79 Å². The van der Waals surface area contributed by atoms with Gasteiger partial charge in [-0.3, -0.25) is 5.10 Å². The van der Waals surface area contributed by atoms with E-state index in [1.165, 1.54) is 0 Å². The molecule has 2 amide bonds. The van der Waals surface area contributed by atoms with Gasteiger partial charge in [-0.05, 0) is 24.3 Å². The van der Waals surface area contributed by atoms with Gasteiger partial charge in [0.2, 0.25) is 0 Å². The lowest BCUT2D eigenvalue weighted by molar-refractivity contribution is 0.169. The SMILES string of the molecule is O=C(NCc1ccccc1)N1CCC(Cc2nc(-c3ccccc3)n[nH]2)CC1. The first-order chi connectivity index (χ1) is 13.8. The molecule has 1 aliphatic heterocycles. The lowest BCUT2D eigenvalue weighted by Gasteiger charge is -2.31. The average molecular weight is 375 g/mol. The number of carbonyl (C=O) groups is 1. The summed E-state index contributed by atoms with van der Waals surface area (Å²) in [5.41, 5.74) is 2.14. The third-order valence-corrected chi connectivity index (χ3v) is 5.23. The Morgan fingerprint density at radius 1 is 1.04 bits per heavy atom. The van der Waals surface area contributed by atoms with Crippen LogP contribution in [0.5, 0.6) is 0 Å². The van der Waals surface area contributed by atoms with Crippen molar-refractivity contribution in [3.05, 3.63) is 72.1 Å². The number of aromatic amines is 1. The second-order valence-corrected chi connectivity index (χ2v) is 7.25. The molecule has 144 valence electrons. The number of rotatable bonds is 5. The lowest BCUT2D eigenvalue weighted by atomic mass is 9.93. The molecule has 3 aromatic rings. The topological polar surface area (TPSA) is 73.9 Å². The quantitative estimate of drug-likeness (QED) is 0.715. The average Bonchev–Trinajstić information content (AvgIpc) is 3.22. The van der Waals surface area contributed by atoms with E-state index < -0.39 is 0 Å². The Bertz CT molecular complexity index is 886. The zero-order chi connectivity index (χ0) is 19.2. The van der Waals surface area contributed by atoms with Gasteiger partial charge in [0.15, 0.2) is 5.82 Å². The van der Waals surface area contributed by atoms with E-state index in [1.807, 2.05) is 65.6 Å². The highest BCUT2D eigenvalue weighted by Crippen LogP contribution is 2.22. The summed E-state index contributed by atoms with van der Waals surface area (Å²) in [5, 5.41) is 10.4. The molecular formula is C22H25N5O. The molecule has 2 N–H and O–H groups in total. The van der Waals surface area contributed by atoms with Crippen molar-refractivity contribution in [2.45, 2.75) is 25.8 Å². The lowest BCUT2D eigenvalue weighted by Crippen LogP contribution is -2.44. The molecule has 6 nitrogen and oxygen atoms in total. The van der Waals surface area contributed by atoms with E-state index in [1.54, 1.807) is 0 Å². The molecule has 1 aliphatic rings. The van der Waals surface area contributed by atoms with Gasteiger partial charge in [0.1, 0.15) is 5.82 Å². The number of hydrogen-bond acceptors (Lipinski definition) is 3. The normalized spacial score (nSPS) is 14.8. The van der Waals surface area contributed by atoms with Gasteiger partial charge in [0.25, 0.3) is 0 Å². The van der Waals surface area contributed by atoms with Crippen LogP contribution in [0.25, 0.3) is 11.4 Å². The van der Waals surface area contributed by atoms with Crippen LogP contribution >= 0.6 is 0 Å². The van der Waals surface area contributed by atoms with Crippen molar-refractivity contribution < 1.29 is 4.79 Å². The van der Waals surface area contributed by atoms with Crippen molar-refractivity contribution in [3.8, 4) is 11.4 Å². The predicted molar refractivity (Wildman–Crippen MR) is 108 cm³/mol. The van der Waals surface area contributed by atoms with Crippen molar-refractivity contribution in [2.75, 3.05) is 13.1 Å². The third-order valence-electron chi connectivity index (χ3n) is 5.23. The summed E-state index contributed by atoms with van der Waals surface area (Å²) >= 11 is 0. The molecule has 0 aliphatic carbocycles. The minimum absolute atomic E-state index is 0.0216. The summed E-state index contributed by atoms with van der Waals surface area (Å²) in [6.45, 7) is 2.13. The Morgan fingerprint density at radius 3 is 2.43 bits per heavy atom. The Hall–Kier alpha value is -3.15. The number of H-pyrrole nitrogens is 1. The highest BCUT2D eigenvalue weighted by Gasteiger charge is 2.23. The second kappa shape index (κ2) is 8.69. The van der Waals surface area contributed by atoms with Crippen LogP contribution in [-0.2, 0) is 13.0 Å². The van der Waals surface area contributed by atoms with Gasteiger partial charge in [-0.2, -0.15) is 5.10 Å². The van der Waals surface area contributed by atoms with E-state index in [0.29, 0.717) is 12.5 Å². The molecule has 1 aromatic heterocycles. The predicted octanol–water partition coefficient (Wildman–Crippen LogP) is 3.64. The van der Waals surface area contributed by atoms with E-state index in [2.05, 4.69) is 20.5 Å². The van der Waals surface area contributed by atoms with Gasteiger partial charge in [-0.1, -0.05) is 60.7 Å². The molecule has 0 spiro atoms. The molecule has 2 heterocycles. The number of amides is 2. The highest BCUT2D eigenvalue weighted by molar-refractivity contribution is 5.74. The molecule has 28 heavy (non-hydrogen) atoms. The van der Waals surface area contributed by atoms with Crippen molar-refractivity contribution >= 4 is 6.03 Å². The van der Waals surface area contributed by atoms with Gasteiger partial charge in [-0.25, -0.2) is 9.78 Å². The monoisotopic (exact) mass is 375 g/mol. The second-order valence-electron chi connectivity index (χ2n) is 7.25. The zero-order valence-electron chi connectivity index (χ0n) is 15.8. The van der Waals surface area contributed by atoms with Crippen LogP contribution in [0.15, 0.2) is 60.7 Å². The smallest absolute Gasteiger partial charge is 0.317 e. The molecular weight excluding hydrogens is 350 g/mol. The minimum atomic E-state index is 0.0216. The number of urea groups is 1. The summed E-state index contributed by atoms with van der Waals surface area (Å²) in [6, 6.07) is 20.0. The number of piperidine rings is 1. The summed E-state index contributed by atoms with van der Waals surface area (Å²) in [5.74, 6) is 2.19. The Morgan fingerprint density at radius 2 is 1.71 bits per heavy atom. The van der Waals surface area contributed by atoms with Crippen LogP contribution in [0.2, 0.25) is 0 Å². The number of nitrogens with zero attached hydrogens (tertiary/aromatic N) is 3. The van der Waals surface area contributed by atoms with E-state index in [0.717, 1.165) is 55.1 Å². The molecule has 6 heteroatoms. The molecule has 1 fully saturated rings. The summed E-state index contributed by atoms with van der Waals surface area (Å²) in [6.07, 6.45) is 2.85. The van der Waals surface area contributed by atoms with Crippen LogP contribution in [-0.4, -0.2) is 39.2 Å². The van der Waals surface area contributed by atoms with Gasteiger partial charge in [0, 0.05) is 31.6 Å². The van der Waals surface area contributed by atoms with Crippen molar-refractivity contribution in [1.82, 2.24) is 25.4 Å². The first kappa shape index (κ1) is 18.2. The van der Waals surface area contributed by atoms with Crippen molar-refractivity contribution in [2.24, 2.45) is 5.92 Å². The number of benzene rings is 2. The van der Waals surface area contributed by atoms with Crippen LogP contribution < -0.4 is 5.32 Å². The summed E-state index contributed by atoms with van der Waals surface area (Å²) < 4.78 is 0. The third kappa shape index (κ3) is 4.57. The fourth-order valence-corrected chi connectivity index (χ4v) is 3.60. The van der Waals surface area contributed by atoms with Crippen LogP contribution in [0, 0.1) is 5.92 Å². The van der Waals surface area contributed by atoms with Crippen LogP contribution in [0.3, 0.4) is 0 Å². The summed E-state index contributed by atoms with van der Waals surface area (Å²) in [7, 11) is 0. The molecule has 0 unspecified atom stereocenters. The Labute approximate surface area is 165 Å². The van der Waals surface area contributed by atoms with E-state index in [4.69, 9.17) is 0 Å². The van der Waals surface area contributed by atoms with Gasteiger partial charge < -0.3 is 10.2 Å². The van der Waals surface area contributed by atoms with Gasteiger partial charge in [-0.15, -0.1) is 0 Å². The van der Waals surface area contributed by atoms with E-state index in [9.17, 15) is 4.79 Å². The largest absolute Gasteiger partial charge is 0.334 e. The maximum Gasteiger partial charge on any atom is 0.317 e. The molecule has 0 atom stereocenters. The molecule has 2 aromatic carbocycles. The minimum Gasteiger partial charge on any atom is -0.334 e. The van der Waals surface area contributed by atoms with E-state index >= 15 is 0 Å². The molecule has 0 bridgehead atoms. The molecule has 0 saturated carbocycles. The maximum atomic E-state index is 12.4. The molecule has 1 saturated heterocycles. The molecule has 0 radical (unpaired) electrons. The first-order valence-electron chi connectivity index (χ1n) is 9.81. The Balaban J connectivity index is 1.24. The van der Waals surface area contributed by atoms with Gasteiger partial charge >= 0.3 is 6.03 Å². The number of nitrogens with one attached hydrogen (secondary N) is 2. The number of likely N-dealkylation sites (tertiary alicyclic amines) is 1. The number of hydrogen-bond donors (Lipinski definition) is 2. The fourth-order valence-electron chi connectivity index (χ4n) is 3.60. The maximum absolute atomic E-state index is 12.4. The fraction of sp³-hybridized carbons (Fsp3) is 0.318. The standard InChI is InChI=1S/C22H25N5O/c28-22(23-16-18-7-3-1-4-8-18)27-13-11-17(12-14-27)15-20-24-21(26-25-20)19-9-5-2-6-10-19/h1-10,17H,11-16H2,(H,23,28)(H,24,25,26). The van der Waals surface area contributed by atoms with Gasteiger partial charge in [0.05, 0.1) is 0 Å². The van der Waals surface area contributed by atoms with Crippen LogP contribution in [0.1, 0.15) is 24.2 Å². The number of carbonyl (C=O) groups excluding carboxylic acids is 1. The van der Waals surface area contributed by atoms with Crippen molar-refractivity contribution in [3.63, 3.8) is 0 Å². The number of aromatic nitrogens is 3. The zero-order valence-corrected chi connectivity index (χ0v) is 15.8.